The van der Waals surface area contributed by atoms with Gasteiger partial charge in [-0.2, -0.15) is 5.10 Å². The zero-order chi connectivity index (χ0) is 12.8. The highest BCUT2D eigenvalue weighted by atomic mass is 32.1. The number of hydrogen-bond donors (Lipinski definition) is 1. The third-order valence-corrected chi connectivity index (χ3v) is 3.78. The third kappa shape index (κ3) is 1.95. The van der Waals surface area contributed by atoms with E-state index < -0.39 is 5.97 Å². The number of aromatic nitrogens is 2. The lowest BCUT2D eigenvalue weighted by molar-refractivity contribution is 0.0702. The van der Waals surface area contributed by atoms with E-state index in [9.17, 15) is 4.79 Å². The summed E-state index contributed by atoms with van der Waals surface area (Å²) in [6.45, 7) is 9.04. The van der Waals surface area contributed by atoms with Crippen molar-refractivity contribution < 1.29 is 9.90 Å². The molecule has 0 aliphatic carbocycles. The Kier molecular flexibility index (Phi) is 2.73. The predicted molar refractivity (Wildman–Crippen MR) is 68.9 cm³/mol. The summed E-state index contributed by atoms with van der Waals surface area (Å²) in [5.41, 5.74) is 0.897. The van der Waals surface area contributed by atoms with E-state index in [0.717, 1.165) is 22.5 Å². The Morgan fingerprint density at radius 1 is 1.53 bits per heavy atom. The second-order valence-corrected chi connectivity index (χ2v) is 6.08. The average Bonchev–Trinajstić information content (AvgIpc) is 2.72. The average molecular weight is 252 g/mol. The standard InChI is InChI=1S/C12H16N2O2S/c1-5-14-10-7(6-8(17-10)11(15)16)9(13-14)12(2,3)4/h6H,5H2,1-4H3,(H,15,16). The molecule has 0 atom stereocenters. The molecule has 1 N–H and O–H groups in total. The van der Waals surface area contributed by atoms with Crippen molar-refractivity contribution in [3.63, 3.8) is 0 Å². The van der Waals surface area contributed by atoms with Crippen molar-refractivity contribution >= 4 is 27.5 Å². The van der Waals surface area contributed by atoms with Gasteiger partial charge in [0.15, 0.2) is 0 Å². The molecule has 5 heteroatoms. The smallest absolute Gasteiger partial charge is 0.345 e. The first-order valence-electron chi connectivity index (χ1n) is 5.58. The van der Waals surface area contributed by atoms with Crippen molar-refractivity contribution in [2.75, 3.05) is 0 Å². The second kappa shape index (κ2) is 3.84. The highest BCUT2D eigenvalue weighted by Gasteiger charge is 2.24. The highest BCUT2D eigenvalue weighted by Crippen LogP contribution is 2.34. The van der Waals surface area contributed by atoms with Gasteiger partial charge in [-0.1, -0.05) is 20.8 Å². The first-order chi connectivity index (χ1) is 7.84. The Morgan fingerprint density at radius 2 is 2.18 bits per heavy atom. The highest BCUT2D eigenvalue weighted by molar-refractivity contribution is 7.20. The number of fused-ring (bicyclic) bond motifs is 1. The fourth-order valence-electron chi connectivity index (χ4n) is 1.84. The molecule has 0 aromatic carbocycles. The van der Waals surface area contributed by atoms with E-state index >= 15 is 0 Å². The summed E-state index contributed by atoms with van der Waals surface area (Å²) in [7, 11) is 0. The first-order valence-corrected chi connectivity index (χ1v) is 6.40. The number of carboxylic acid groups (broad SMARTS) is 1. The molecule has 0 fully saturated rings. The summed E-state index contributed by atoms with van der Waals surface area (Å²) in [5.74, 6) is -0.867. The van der Waals surface area contributed by atoms with Crippen LogP contribution in [0.3, 0.4) is 0 Å². The largest absolute Gasteiger partial charge is 0.477 e. The van der Waals surface area contributed by atoms with Gasteiger partial charge in [-0.05, 0) is 13.0 Å². The summed E-state index contributed by atoms with van der Waals surface area (Å²) in [6.07, 6.45) is 0. The summed E-state index contributed by atoms with van der Waals surface area (Å²) in [5, 5.41) is 14.6. The molecule has 2 aromatic heterocycles. The number of aryl methyl sites for hydroxylation is 1. The number of thiophene rings is 1. The van der Waals surface area contributed by atoms with E-state index in [1.165, 1.54) is 11.3 Å². The van der Waals surface area contributed by atoms with Crippen LogP contribution >= 0.6 is 11.3 Å². The molecule has 0 bridgehead atoms. The van der Waals surface area contributed by atoms with Gasteiger partial charge in [-0.3, -0.25) is 4.68 Å². The van der Waals surface area contributed by atoms with Gasteiger partial charge in [0.2, 0.25) is 0 Å². The first kappa shape index (κ1) is 12.1. The van der Waals surface area contributed by atoms with Crippen LogP contribution in [-0.2, 0) is 12.0 Å². The molecule has 2 rings (SSSR count). The molecule has 0 amide bonds. The molecule has 0 radical (unpaired) electrons. The van der Waals surface area contributed by atoms with Gasteiger partial charge in [-0.25, -0.2) is 4.79 Å². The number of rotatable bonds is 2. The Labute approximate surface area is 104 Å². The summed E-state index contributed by atoms with van der Waals surface area (Å²) in [6, 6.07) is 1.74. The molecule has 0 saturated carbocycles. The van der Waals surface area contributed by atoms with Crippen molar-refractivity contribution in [3.05, 3.63) is 16.6 Å². The van der Waals surface area contributed by atoms with Crippen LogP contribution in [0.1, 0.15) is 43.1 Å². The van der Waals surface area contributed by atoms with Gasteiger partial charge in [-0.15, -0.1) is 11.3 Å². The van der Waals surface area contributed by atoms with Gasteiger partial charge in [0.05, 0.1) is 5.69 Å². The summed E-state index contributed by atoms with van der Waals surface area (Å²) < 4.78 is 1.88. The van der Waals surface area contributed by atoms with Crippen LogP contribution < -0.4 is 0 Å². The van der Waals surface area contributed by atoms with E-state index in [-0.39, 0.29) is 5.41 Å². The molecule has 0 saturated heterocycles. The Morgan fingerprint density at radius 3 is 2.65 bits per heavy atom. The van der Waals surface area contributed by atoms with Crippen LogP contribution in [0.5, 0.6) is 0 Å². The monoisotopic (exact) mass is 252 g/mol. The number of hydrogen-bond acceptors (Lipinski definition) is 3. The fraction of sp³-hybridized carbons (Fsp3) is 0.500. The third-order valence-electron chi connectivity index (χ3n) is 2.64. The van der Waals surface area contributed by atoms with Gasteiger partial charge in [0.1, 0.15) is 9.71 Å². The van der Waals surface area contributed by atoms with Gasteiger partial charge in [0, 0.05) is 17.3 Å². The van der Waals surface area contributed by atoms with Crippen molar-refractivity contribution in [2.45, 2.75) is 39.7 Å². The van der Waals surface area contributed by atoms with Crippen LogP contribution in [0.2, 0.25) is 0 Å². The maximum absolute atomic E-state index is 11.0. The van der Waals surface area contributed by atoms with Gasteiger partial charge >= 0.3 is 5.97 Å². The minimum atomic E-state index is -0.867. The number of aromatic carboxylic acids is 1. The Balaban J connectivity index is 2.73. The van der Waals surface area contributed by atoms with Gasteiger partial charge in [0.25, 0.3) is 0 Å². The summed E-state index contributed by atoms with van der Waals surface area (Å²) >= 11 is 1.29. The Bertz CT molecular complexity index is 575. The quantitative estimate of drug-likeness (QED) is 0.893. The molecule has 2 heterocycles. The second-order valence-electron chi connectivity index (χ2n) is 5.05. The molecule has 2 aromatic rings. The van der Waals surface area contributed by atoms with Crippen LogP contribution in [0, 0.1) is 0 Å². The minimum Gasteiger partial charge on any atom is -0.477 e. The SMILES string of the molecule is CCn1nc(C(C)(C)C)c2cc(C(=O)O)sc21. The molecule has 0 aliphatic heterocycles. The molecular formula is C12H16N2O2S. The summed E-state index contributed by atoms with van der Waals surface area (Å²) in [4.78, 5) is 12.3. The molecule has 0 aliphatic rings. The van der Waals surface area contributed by atoms with E-state index in [1.807, 2.05) is 11.6 Å². The zero-order valence-electron chi connectivity index (χ0n) is 10.4. The molecule has 4 nitrogen and oxygen atoms in total. The molecule has 92 valence electrons. The van der Waals surface area contributed by atoms with Crippen molar-refractivity contribution in [3.8, 4) is 0 Å². The lowest BCUT2D eigenvalue weighted by Gasteiger charge is -2.15. The van der Waals surface area contributed by atoms with E-state index in [1.54, 1.807) is 6.07 Å². The number of carboxylic acids is 1. The lowest BCUT2D eigenvalue weighted by Crippen LogP contribution is -2.13. The predicted octanol–water partition coefficient (Wildman–Crippen LogP) is 3.11. The zero-order valence-corrected chi connectivity index (χ0v) is 11.3. The number of nitrogens with zero attached hydrogens (tertiary/aromatic N) is 2. The van der Waals surface area contributed by atoms with Crippen LogP contribution in [0.15, 0.2) is 6.07 Å². The topological polar surface area (TPSA) is 55.1 Å². The van der Waals surface area contributed by atoms with Gasteiger partial charge < -0.3 is 5.11 Å². The normalized spacial score (nSPS) is 12.2. The fourth-order valence-corrected chi connectivity index (χ4v) is 2.85. The minimum absolute atomic E-state index is 0.0739. The Hall–Kier alpha value is -1.36. The maximum atomic E-state index is 11.0. The van der Waals surface area contributed by atoms with Crippen molar-refractivity contribution in [1.82, 2.24) is 9.78 Å². The van der Waals surface area contributed by atoms with Crippen LogP contribution in [0.4, 0.5) is 0 Å². The van der Waals surface area contributed by atoms with Crippen molar-refractivity contribution in [2.24, 2.45) is 0 Å². The van der Waals surface area contributed by atoms with Crippen molar-refractivity contribution in [1.29, 1.82) is 0 Å². The molecule has 0 unspecified atom stereocenters. The van der Waals surface area contributed by atoms with E-state index in [0.29, 0.717) is 4.88 Å². The molecular weight excluding hydrogens is 236 g/mol. The van der Waals surface area contributed by atoms with Crippen LogP contribution in [0.25, 0.3) is 10.2 Å². The van der Waals surface area contributed by atoms with Crippen LogP contribution in [-0.4, -0.2) is 20.9 Å². The molecule has 17 heavy (non-hydrogen) atoms. The lowest BCUT2D eigenvalue weighted by atomic mass is 9.91. The number of carbonyl (C=O) groups is 1. The maximum Gasteiger partial charge on any atom is 0.345 e. The van der Waals surface area contributed by atoms with E-state index in [2.05, 4.69) is 25.9 Å². The molecule has 0 spiro atoms. The van der Waals surface area contributed by atoms with E-state index in [4.69, 9.17) is 5.11 Å².